The zero-order valence-corrected chi connectivity index (χ0v) is 21.9. The van der Waals surface area contributed by atoms with Crippen molar-refractivity contribution >= 4 is 11.9 Å². The predicted molar refractivity (Wildman–Crippen MR) is 135 cm³/mol. The van der Waals surface area contributed by atoms with Crippen molar-refractivity contribution in [2.75, 3.05) is 26.2 Å². The smallest absolute Gasteiger partial charge is 0.416 e. The quantitative estimate of drug-likeness (QED) is 0.407. The van der Waals surface area contributed by atoms with Gasteiger partial charge in [0.25, 0.3) is 5.91 Å². The summed E-state index contributed by atoms with van der Waals surface area (Å²) in [4.78, 5) is 27.7. The van der Waals surface area contributed by atoms with E-state index in [1.54, 1.807) is 0 Å². The summed E-state index contributed by atoms with van der Waals surface area (Å²) in [6, 6.07) is 4.22. The van der Waals surface area contributed by atoms with Crippen molar-refractivity contribution in [2.45, 2.75) is 63.2 Å². The number of nitrogens with zero attached hydrogens (tertiary/aromatic N) is 2. The fraction of sp³-hybridized carbons (Fsp3) is 0.517. The normalized spacial score (nSPS) is 20.6. The fourth-order valence-electron chi connectivity index (χ4n) is 5.63. The van der Waals surface area contributed by atoms with Crippen molar-refractivity contribution in [3.63, 3.8) is 0 Å². The Morgan fingerprint density at radius 2 is 1.68 bits per heavy atom. The SMILES string of the molecule is O=C(O)[C@@H]1CCCN1C(=O)c1cc(C2CC2)c(OCC2CCN(Cc3cc(C(F)(F)F)ccc3F)CC2)cc1F. The highest BCUT2D eigenvalue weighted by Gasteiger charge is 2.37. The molecule has 3 fully saturated rings. The Bertz CT molecular complexity index is 1270. The van der Waals surface area contributed by atoms with Crippen molar-refractivity contribution < 1.29 is 41.4 Å². The van der Waals surface area contributed by atoms with E-state index in [0.717, 1.165) is 36.6 Å². The summed E-state index contributed by atoms with van der Waals surface area (Å²) in [6.45, 7) is 1.77. The number of carbonyl (C=O) groups is 2. The van der Waals surface area contributed by atoms with Crippen LogP contribution in [0.25, 0.3) is 0 Å². The van der Waals surface area contributed by atoms with Crippen molar-refractivity contribution in [1.29, 1.82) is 0 Å². The highest BCUT2D eigenvalue weighted by Crippen LogP contribution is 2.45. The van der Waals surface area contributed by atoms with Crippen LogP contribution in [0.4, 0.5) is 22.0 Å². The Morgan fingerprint density at radius 3 is 2.33 bits per heavy atom. The molecule has 2 aromatic carbocycles. The van der Waals surface area contributed by atoms with Crippen molar-refractivity contribution in [3.8, 4) is 5.75 Å². The van der Waals surface area contributed by atoms with E-state index in [0.29, 0.717) is 51.1 Å². The van der Waals surface area contributed by atoms with Gasteiger partial charge in [-0.25, -0.2) is 13.6 Å². The maximum atomic E-state index is 15.1. The molecule has 1 atom stereocenters. The average molecular weight is 567 g/mol. The maximum absolute atomic E-state index is 15.1. The number of aliphatic carboxylic acids is 1. The lowest BCUT2D eigenvalue weighted by molar-refractivity contribution is -0.141. The van der Waals surface area contributed by atoms with E-state index in [4.69, 9.17) is 4.74 Å². The molecule has 40 heavy (non-hydrogen) atoms. The number of rotatable bonds is 8. The summed E-state index contributed by atoms with van der Waals surface area (Å²) in [7, 11) is 0. The molecule has 0 unspecified atom stereocenters. The summed E-state index contributed by atoms with van der Waals surface area (Å²) < 4.78 is 74.4. The Morgan fingerprint density at radius 1 is 0.950 bits per heavy atom. The van der Waals surface area contributed by atoms with Gasteiger partial charge in [0.1, 0.15) is 23.4 Å². The molecule has 2 saturated heterocycles. The van der Waals surface area contributed by atoms with Crippen LogP contribution in [0.15, 0.2) is 30.3 Å². The third-order valence-corrected chi connectivity index (χ3v) is 8.09. The summed E-state index contributed by atoms with van der Waals surface area (Å²) in [6.07, 6.45) is -0.495. The monoisotopic (exact) mass is 566 g/mol. The summed E-state index contributed by atoms with van der Waals surface area (Å²) in [5.74, 6) is -2.49. The van der Waals surface area contributed by atoms with Crippen LogP contribution in [0.5, 0.6) is 5.75 Å². The lowest BCUT2D eigenvalue weighted by Gasteiger charge is -2.32. The average Bonchev–Trinajstić information content (AvgIpc) is 3.63. The first-order valence-electron chi connectivity index (χ1n) is 13.6. The minimum absolute atomic E-state index is 0.00678. The molecule has 11 heteroatoms. The van der Waals surface area contributed by atoms with Gasteiger partial charge in [0, 0.05) is 24.7 Å². The van der Waals surface area contributed by atoms with Crippen LogP contribution < -0.4 is 4.74 Å². The van der Waals surface area contributed by atoms with E-state index in [1.165, 1.54) is 17.0 Å². The standard InChI is InChI=1S/C29H31F5N2O4/c30-23-6-5-20(29(32,33)34)12-19(23)15-35-10-7-17(8-11-35)16-40-26-14-24(31)22(13-21(26)18-3-4-18)27(37)36-9-1-2-25(36)28(38)39/h5-6,12-14,17-18,25H,1-4,7-11,15-16H2,(H,38,39)/t25-/m0/s1. The number of likely N-dealkylation sites (tertiary alicyclic amines) is 2. The minimum Gasteiger partial charge on any atom is -0.493 e. The molecule has 1 aliphatic carbocycles. The first kappa shape index (κ1) is 28.3. The topological polar surface area (TPSA) is 70.1 Å². The summed E-state index contributed by atoms with van der Waals surface area (Å²) in [5.41, 5.74) is -0.265. The molecular formula is C29H31F5N2O4. The zero-order valence-electron chi connectivity index (χ0n) is 21.9. The minimum atomic E-state index is -4.54. The largest absolute Gasteiger partial charge is 0.493 e. The molecule has 1 amide bonds. The molecule has 3 aliphatic rings. The van der Waals surface area contributed by atoms with E-state index in [2.05, 4.69) is 0 Å². The lowest BCUT2D eigenvalue weighted by Crippen LogP contribution is -2.40. The van der Waals surface area contributed by atoms with Crippen LogP contribution in [0.2, 0.25) is 0 Å². The fourth-order valence-corrected chi connectivity index (χ4v) is 5.63. The molecule has 2 heterocycles. The van der Waals surface area contributed by atoms with Crippen molar-refractivity contribution in [2.24, 2.45) is 5.92 Å². The van der Waals surface area contributed by atoms with Gasteiger partial charge in [-0.2, -0.15) is 13.2 Å². The van der Waals surface area contributed by atoms with Crippen LogP contribution in [0, 0.1) is 17.6 Å². The van der Waals surface area contributed by atoms with Gasteiger partial charge in [-0.15, -0.1) is 0 Å². The van der Waals surface area contributed by atoms with Gasteiger partial charge in [-0.3, -0.25) is 9.69 Å². The number of alkyl halides is 3. The summed E-state index contributed by atoms with van der Waals surface area (Å²) >= 11 is 0. The van der Waals surface area contributed by atoms with Crippen molar-refractivity contribution in [3.05, 3.63) is 64.2 Å². The second-order valence-corrected chi connectivity index (χ2v) is 11.0. The molecule has 0 bridgehead atoms. The van der Waals surface area contributed by atoms with Crippen molar-refractivity contribution in [1.82, 2.24) is 9.80 Å². The maximum Gasteiger partial charge on any atom is 0.416 e. The van der Waals surface area contributed by atoms with Gasteiger partial charge in [-0.05, 0) is 93.3 Å². The lowest BCUT2D eigenvalue weighted by atomic mass is 9.97. The van der Waals surface area contributed by atoms with Gasteiger partial charge < -0.3 is 14.7 Å². The van der Waals surface area contributed by atoms with Crippen LogP contribution in [-0.4, -0.2) is 59.1 Å². The first-order valence-corrected chi connectivity index (χ1v) is 13.6. The Labute approximate surface area is 228 Å². The van der Waals surface area contributed by atoms with E-state index < -0.39 is 41.3 Å². The van der Waals surface area contributed by atoms with Crippen LogP contribution in [0.3, 0.4) is 0 Å². The van der Waals surface area contributed by atoms with E-state index >= 15 is 4.39 Å². The van der Waals surface area contributed by atoms with E-state index in [9.17, 15) is 32.3 Å². The number of hydrogen-bond acceptors (Lipinski definition) is 4. The number of amides is 1. The number of carboxylic acid groups (broad SMARTS) is 1. The number of benzene rings is 2. The molecule has 1 N–H and O–H groups in total. The molecule has 0 spiro atoms. The number of carbonyl (C=O) groups excluding carboxylic acids is 1. The third kappa shape index (κ3) is 6.24. The number of hydrogen-bond donors (Lipinski definition) is 1. The van der Waals surface area contributed by atoms with Gasteiger partial charge in [-0.1, -0.05) is 0 Å². The molecule has 216 valence electrons. The molecule has 1 saturated carbocycles. The van der Waals surface area contributed by atoms with Gasteiger partial charge in [0.05, 0.1) is 17.7 Å². The molecule has 2 aliphatic heterocycles. The second kappa shape index (κ2) is 11.3. The Kier molecular flexibility index (Phi) is 8.03. The van der Waals surface area contributed by atoms with Gasteiger partial charge in [0.2, 0.25) is 0 Å². The molecular weight excluding hydrogens is 535 g/mol. The Hall–Kier alpha value is -3.21. The third-order valence-electron chi connectivity index (χ3n) is 8.09. The van der Waals surface area contributed by atoms with Crippen LogP contribution >= 0.6 is 0 Å². The molecule has 5 rings (SSSR count). The number of piperidine rings is 1. The molecule has 6 nitrogen and oxygen atoms in total. The van der Waals surface area contributed by atoms with E-state index in [-0.39, 0.29) is 36.1 Å². The number of halogens is 5. The van der Waals surface area contributed by atoms with Gasteiger partial charge in [0.15, 0.2) is 0 Å². The Balaban J connectivity index is 1.20. The number of ether oxygens (including phenoxy) is 1. The second-order valence-electron chi connectivity index (χ2n) is 11.0. The van der Waals surface area contributed by atoms with Crippen LogP contribution in [0.1, 0.15) is 71.5 Å². The summed E-state index contributed by atoms with van der Waals surface area (Å²) in [5, 5.41) is 9.41. The molecule has 0 aromatic heterocycles. The highest BCUT2D eigenvalue weighted by atomic mass is 19.4. The van der Waals surface area contributed by atoms with Gasteiger partial charge >= 0.3 is 12.1 Å². The van der Waals surface area contributed by atoms with E-state index in [1.807, 2.05) is 4.90 Å². The first-order chi connectivity index (χ1) is 19.0. The zero-order chi connectivity index (χ0) is 28.6. The predicted octanol–water partition coefficient (Wildman–Crippen LogP) is 5.84. The molecule has 0 radical (unpaired) electrons. The number of carboxylic acids is 1. The molecule has 2 aromatic rings. The highest BCUT2D eigenvalue weighted by molar-refractivity contribution is 5.97. The van der Waals surface area contributed by atoms with Crippen LogP contribution in [-0.2, 0) is 17.5 Å².